The van der Waals surface area contributed by atoms with Gasteiger partial charge >= 0.3 is 0 Å². The van der Waals surface area contributed by atoms with Gasteiger partial charge in [0.2, 0.25) is 0 Å². The molecule has 0 saturated carbocycles. The van der Waals surface area contributed by atoms with Crippen LogP contribution in [0.2, 0.25) is 0 Å². The molecule has 2 N–H and O–H groups in total. The van der Waals surface area contributed by atoms with Crippen LogP contribution in [0.4, 0.5) is 0 Å². The van der Waals surface area contributed by atoms with Crippen LogP contribution in [0.15, 0.2) is 60.7 Å². The van der Waals surface area contributed by atoms with Crippen molar-refractivity contribution in [2.24, 2.45) is 0 Å². The number of hydrogen-bond acceptors (Lipinski definition) is 3. The monoisotopic (exact) mass is 335 g/mol. The molecule has 4 heteroatoms. The van der Waals surface area contributed by atoms with Crippen molar-refractivity contribution in [3.05, 3.63) is 60.7 Å². The highest BCUT2D eigenvalue weighted by Gasteiger charge is 2.20. The predicted octanol–water partition coefficient (Wildman–Crippen LogP) is 4.31. The van der Waals surface area contributed by atoms with Crippen molar-refractivity contribution in [3.8, 4) is 28.3 Å². The second-order valence-electron chi connectivity index (χ2n) is 7.18. The zero-order valence-corrected chi connectivity index (χ0v) is 15.0. The maximum absolute atomic E-state index is 10.9. The number of aromatic hydroxyl groups is 1. The molecule has 0 unspecified atom stereocenters. The lowest BCUT2D eigenvalue weighted by atomic mass is 10.1. The molecule has 0 spiro atoms. The smallest absolute Gasteiger partial charge is 0.169 e. The van der Waals surface area contributed by atoms with Crippen molar-refractivity contribution in [2.45, 2.75) is 32.9 Å². The van der Waals surface area contributed by atoms with Gasteiger partial charge in [-0.15, -0.1) is 0 Å². The predicted molar refractivity (Wildman–Crippen MR) is 103 cm³/mol. The Bertz CT molecular complexity index is 818. The minimum atomic E-state index is 0.0460. The molecule has 0 amide bonds. The second kappa shape index (κ2) is 7.11. The van der Waals surface area contributed by atoms with Crippen molar-refractivity contribution in [3.63, 3.8) is 0 Å². The van der Waals surface area contributed by atoms with Gasteiger partial charge in [-0.05, 0) is 20.8 Å². The Morgan fingerprint density at radius 2 is 1.48 bits per heavy atom. The fraction of sp³-hybridized carbons (Fsp3) is 0.286. The minimum Gasteiger partial charge on any atom is -0.504 e. The zero-order valence-electron chi connectivity index (χ0n) is 15.0. The number of nitrogens with zero attached hydrogens (tertiary/aromatic N) is 2. The summed E-state index contributed by atoms with van der Waals surface area (Å²) in [6, 6.07) is 19.7. The van der Waals surface area contributed by atoms with Gasteiger partial charge in [0, 0.05) is 23.2 Å². The van der Waals surface area contributed by atoms with E-state index in [1.807, 2.05) is 65.3 Å². The number of benzene rings is 2. The van der Waals surface area contributed by atoms with E-state index in [0.717, 1.165) is 23.4 Å². The highest BCUT2D eigenvalue weighted by Crippen LogP contribution is 2.37. The van der Waals surface area contributed by atoms with Crippen LogP contribution in [0.25, 0.3) is 22.5 Å². The van der Waals surface area contributed by atoms with Crippen LogP contribution in [0, 0.1) is 0 Å². The van der Waals surface area contributed by atoms with Gasteiger partial charge in [0.25, 0.3) is 0 Å². The Morgan fingerprint density at radius 3 is 2.04 bits per heavy atom. The highest BCUT2D eigenvalue weighted by molar-refractivity contribution is 5.77. The van der Waals surface area contributed by atoms with Crippen molar-refractivity contribution in [1.82, 2.24) is 15.1 Å². The summed E-state index contributed by atoms with van der Waals surface area (Å²) in [5.41, 5.74) is 3.31. The number of aromatic nitrogens is 2. The number of hydrogen-bond donors (Lipinski definition) is 2. The van der Waals surface area contributed by atoms with Gasteiger partial charge in [-0.25, -0.2) is 0 Å². The summed E-state index contributed by atoms with van der Waals surface area (Å²) in [5.74, 6) is 0.230. The van der Waals surface area contributed by atoms with E-state index in [9.17, 15) is 5.11 Å². The first-order valence-corrected chi connectivity index (χ1v) is 8.61. The van der Waals surface area contributed by atoms with E-state index in [4.69, 9.17) is 5.10 Å². The molecule has 1 aromatic heterocycles. The van der Waals surface area contributed by atoms with Crippen molar-refractivity contribution in [2.75, 3.05) is 6.54 Å². The highest BCUT2D eigenvalue weighted by atomic mass is 16.3. The molecule has 0 radical (unpaired) electrons. The van der Waals surface area contributed by atoms with E-state index in [1.165, 1.54) is 0 Å². The fourth-order valence-electron chi connectivity index (χ4n) is 2.82. The Hall–Kier alpha value is -2.59. The molecule has 2 aromatic carbocycles. The molecule has 0 fully saturated rings. The average Bonchev–Trinajstić information content (AvgIpc) is 2.92. The van der Waals surface area contributed by atoms with Gasteiger partial charge in [0.15, 0.2) is 5.75 Å². The third kappa shape index (κ3) is 4.09. The lowest BCUT2D eigenvalue weighted by molar-refractivity contribution is 0.405. The first-order chi connectivity index (χ1) is 12.0. The van der Waals surface area contributed by atoms with Gasteiger partial charge in [0.05, 0.1) is 6.54 Å². The lowest BCUT2D eigenvalue weighted by Gasteiger charge is -2.20. The van der Waals surface area contributed by atoms with Crippen molar-refractivity contribution >= 4 is 0 Å². The zero-order chi connectivity index (χ0) is 17.9. The van der Waals surface area contributed by atoms with Gasteiger partial charge in [-0.1, -0.05) is 60.7 Å². The molecule has 3 aromatic rings. The summed E-state index contributed by atoms with van der Waals surface area (Å²) in [6.07, 6.45) is 0. The van der Waals surface area contributed by atoms with Gasteiger partial charge in [-0.2, -0.15) is 5.10 Å². The van der Waals surface area contributed by atoms with E-state index >= 15 is 0 Å². The van der Waals surface area contributed by atoms with Crippen LogP contribution in [-0.4, -0.2) is 27.0 Å². The molecule has 1 heterocycles. The molecule has 130 valence electrons. The van der Waals surface area contributed by atoms with Crippen molar-refractivity contribution in [1.29, 1.82) is 0 Å². The standard InChI is InChI=1S/C21H25N3O/c1-21(2,3)22-14-15-24-19(17-12-8-5-9-13-17)20(25)18(23-24)16-10-6-4-7-11-16/h4-13,22,25H,14-15H2,1-3H3. The molecule has 0 aliphatic carbocycles. The third-order valence-electron chi connectivity index (χ3n) is 4.00. The number of nitrogens with one attached hydrogen (secondary N) is 1. The molecule has 25 heavy (non-hydrogen) atoms. The molecule has 0 aliphatic rings. The molecule has 0 saturated heterocycles. The SMILES string of the molecule is CC(C)(C)NCCn1nc(-c2ccccc2)c(O)c1-c1ccccc1. The lowest BCUT2D eigenvalue weighted by Crippen LogP contribution is -2.38. The molecule has 0 atom stereocenters. The van der Waals surface area contributed by atoms with Crippen LogP contribution in [0.1, 0.15) is 20.8 Å². The molecule has 0 bridgehead atoms. The Kier molecular flexibility index (Phi) is 4.91. The van der Waals surface area contributed by atoms with E-state index in [-0.39, 0.29) is 11.3 Å². The Balaban J connectivity index is 2.00. The minimum absolute atomic E-state index is 0.0460. The van der Waals surface area contributed by atoms with Crippen LogP contribution in [0.3, 0.4) is 0 Å². The third-order valence-corrected chi connectivity index (χ3v) is 4.00. The Morgan fingerprint density at radius 1 is 0.920 bits per heavy atom. The molecule has 0 aliphatic heterocycles. The van der Waals surface area contributed by atoms with Crippen molar-refractivity contribution < 1.29 is 5.11 Å². The second-order valence-corrected chi connectivity index (χ2v) is 7.18. The van der Waals surface area contributed by atoms with Gasteiger partial charge in [0.1, 0.15) is 11.4 Å². The van der Waals surface area contributed by atoms with E-state index in [0.29, 0.717) is 12.2 Å². The average molecular weight is 335 g/mol. The summed E-state index contributed by atoms with van der Waals surface area (Å²) in [6.45, 7) is 7.88. The van der Waals surface area contributed by atoms with Crippen LogP contribution < -0.4 is 5.32 Å². The maximum Gasteiger partial charge on any atom is 0.169 e. The van der Waals surface area contributed by atoms with Crippen LogP contribution in [0.5, 0.6) is 5.75 Å². The Labute approximate surface area is 149 Å². The topological polar surface area (TPSA) is 50.1 Å². The van der Waals surface area contributed by atoms with E-state index < -0.39 is 0 Å². The first-order valence-electron chi connectivity index (χ1n) is 8.61. The van der Waals surface area contributed by atoms with Crippen LogP contribution >= 0.6 is 0 Å². The summed E-state index contributed by atoms with van der Waals surface area (Å²) in [7, 11) is 0. The summed E-state index contributed by atoms with van der Waals surface area (Å²) in [5, 5.41) is 19.0. The molecular weight excluding hydrogens is 310 g/mol. The first kappa shape index (κ1) is 17.2. The normalized spacial score (nSPS) is 11.6. The number of rotatable bonds is 5. The summed E-state index contributed by atoms with van der Waals surface area (Å²) < 4.78 is 1.89. The summed E-state index contributed by atoms with van der Waals surface area (Å²) in [4.78, 5) is 0. The van der Waals surface area contributed by atoms with Gasteiger partial charge in [-0.3, -0.25) is 4.68 Å². The molecular formula is C21H25N3O. The quantitative estimate of drug-likeness (QED) is 0.730. The van der Waals surface area contributed by atoms with E-state index in [2.05, 4.69) is 26.1 Å². The van der Waals surface area contributed by atoms with Crippen LogP contribution in [-0.2, 0) is 6.54 Å². The molecule has 4 nitrogen and oxygen atoms in total. The largest absolute Gasteiger partial charge is 0.504 e. The maximum atomic E-state index is 10.9. The van der Waals surface area contributed by atoms with Gasteiger partial charge < -0.3 is 10.4 Å². The fourth-order valence-corrected chi connectivity index (χ4v) is 2.82. The van der Waals surface area contributed by atoms with E-state index in [1.54, 1.807) is 0 Å². The molecule has 3 rings (SSSR count). The summed E-state index contributed by atoms with van der Waals surface area (Å²) >= 11 is 0.